The molecule has 0 unspecified atom stereocenters. The van der Waals surface area contributed by atoms with Gasteiger partial charge in [-0.1, -0.05) is 12.1 Å². The molecular weight excluding hydrogens is 378 g/mol. The van der Waals surface area contributed by atoms with Crippen molar-refractivity contribution in [1.82, 2.24) is 4.98 Å². The number of aryl methyl sites for hydroxylation is 1. The zero-order valence-electron chi connectivity index (χ0n) is 14.7. The molecule has 7 nitrogen and oxygen atoms in total. The number of anilines is 1. The van der Waals surface area contributed by atoms with E-state index in [2.05, 4.69) is 10.3 Å². The first kappa shape index (κ1) is 18.0. The van der Waals surface area contributed by atoms with E-state index < -0.39 is 10.8 Å². The van der Waals surface area contributed by atoms with Gasteiger partial charge in [-0.3, -0.25) is 24.7 Å². The minimum absolute atomic E-state index is 0.0385. The lowest BCUT2D eigenvalue weighted by Crippen LogP contribution is -2.15. The van der Waals surface area contributed by atoms with Crippen LogP contribution in [0.3, 0.4) is 0 Å². The first-order valence-electron chi connectivity index (χ1n) is 8.70. The highest BCUT2D eigenvalue weighted by molar-refractivity contribution is 7.17. The van der Waals surface area contributed by atoms with Gasteiger partial charge < -0.3 is 5.32 Å². The summed E-state index contributed by atoms with van der Waals surface area (Å²) >= 11 is 1.37. The van der Waals surface area contributed by atoms with Crippen LogP contribution in [0, 0.1) is 10.1 Å². The molecule has 2 heterocycles. The molecule has 0 saturated heterocycles. The van der Waals surface area contributed by atoms with Gasteiger partial charge in [0.25, 0.3) is 11.6 Å². The van der Waals surface area contributed by atoms with E-state index in [9.17, 15) is 19.7 Å². The predicted octanol–water partition coefficient (Wildman–Crippen LogP) is 4.02. The number of rotatable bonds is 5. The Morgan fingerprint density at radius 3 is 2.61 bits per heavy atom. The Morgan fingerprint density at radius 2 is 1.86 bits per heavy atom. The van der Waals surface area contributed by atoms with Gasteiger partial charge in [-0.05, 0) is 43.0 Å². The molecule has 1 aliphatic rings. The van der Waals surface area contributed by atoms with Crippen LogP contribution in [0.4, 0.5) is 10.7 Å². The molecule has 1 N–H and O–H groups in total. The largest absolute Gasteiger partial charge is 0.313 e. The second-order valence-electron chi connectivity index (χ2n) is 6.35. The summed E-state index contributed by atoms with van der Waals surface area (Å²) in [5.41, 5.74) is 1.62. The van der Waals surface area contributed by atoms with Crippen LogP contribution < -0.4 is 5.32 Å². The lowest BCUT2D eigenvalue weighted by Gasteiger charge is -2.08. The summed E-state index contributed by atoms with van der Waals surface area (Å²) in [6.07, 6.45) is 5.70. The number of para-hydroxylation sites is 1. The van der Waals surface area contributed by atoms with Crippen molar-refractivity contribution in [3.8, 4) is 0 Å². The molecule has 0 aliphatic heterocycles. The quantitative estimate of drug-likeness (QED) is 0.401. The minimum Gasteiger partial charge on any atom is -0.313 e. The predicted molar refractivity (Wildman–Crippen MR) is 105 cm³/mol. The average Bonchev–Trinajstić information content (AvgIpc) is 3.29. The molecular formula is C20H15N3O4S. The number of fused-ring (bicyclic) bond motifs is 1. The van der Waals surface area contributed by atoms with Gasteiger partial charge in [0.2, 0.25) is 0 Å². The number of nitrogens with one attached hydrogen (secondary N) is 1. The van der Waals surface area contributed by atoms with E-state index in [0.29, 0.717) is 16.1 Å². The highest BCUT2D eigenvalue weighted by atomic mass is 32.1. The van der Waals surface area contributed by atoms with Crippen molar-refractivity contribution in [3.05, 3.63) is 86.0 Å². The van der Waals surface area contributed by atoms with Gasteiger partial charge >= 0.3 is 0 Å². The Balaban J connectivity index is 1.73. The van der Waals surface area contributed by atoms with Gasteiger partial charge in [0.15, 0.2) is 5.78 Å². The summed E-state index contributed by atoms with van der Waals surface area (Å²) in [6.45, 7) is 0. The van der Waals surface area contributed by atoms with Crippen LogP contribution in [0.25, 0.3) is 0 Å². The third-order valence-electron chi connectivity index (χ3n) is 4.66. The first-order chi connectivity index (χ1) is 13.6. The normalized spacial score (nSPS) is 12.4. The number of benzene rings is 1. The van der Waals surface area contributed by atoms with Crippen LogP contribution in [-0.4, -0.2) is 21.6 Å². The molecule has 1 amide bonds. The van der Waals surface area contributed by atoms with Gasteiger partial charge in [-0.2, -0.15) is 0 Å². The van der Waals surface area contributed by atoms with E-state index in [-0.39, 0.29) is 17.0 Å². The number of hydrogen-bond acceptors (Lipinski definition) is 6. The summed E-state index contributed by atoms with van der Waals surface area (Å²) in [5.74, 6) is -0.782. The number of hydrogen-bond donors (Lipinski definition) is 1. The third kappa shape index (κ3) is 3.18. The highest BCUT2D eigenvalue weighted by Crippen LogP contribution is 2.40. The smallest absolute Gasteiger partial charge is 0.282 e. The summed E-state index contributed by atoms with van der Waals surface area (Å²) in [5, 5.41) is 14.4. The van der Waals surface area contributed by atoms with Crippen LogP contribution >= 0.6 is 11.3 Å². The van der Waals surface area contributed by atoms with Crippen molar-refractivity contribution in [1.29, 1.82) is 0 Å². The van der Waals surface area contributed by atoms with E-state index >= 15 is 0 Å². The molecule has 4 rings (SSSR count). The van der Waals surface area contributed by atoms with Crippen molar-refractivity contribution >= 4 is 33.7 Å². The molecule has 0 fully saturated rings. The number of pyridine rings is 1. The molecule has 28 heavy (non-hydrogen) atoms. The fourth-order valence-corrected chi connectivity index (χ4v) is 4.66. The SMILES string of the molecule is O=C(Nc1sc2c(c1C(=O)c1ccncc1)CCC2)c1ccccc1[N+](=O)[O-]. The molecule has 0 saturated carbocycles. The summed E-state index contributed by atoms with van der Waals surface area (Å²) < 4.78 is 0. The van der Waals surface area contributed by atoms with Gasteiger partial charge in [-0.25, -0.2) is 0 Å². The average molecular weight is 393 g/mol. The number of nitro benzene ring substituents is 1. The number of amides is 1. The molecule has 2 aromatic heterocycles. The topological polar surface area (TPSA) is 102 Å². The zero-order valence-corrected chi connectivity index (χ0v) is 15.5. The van der Waals surface area contributed by atoms with Crippen molar-refractivity contribution in [2.75, 3.05) is 5.32 Å². The number of aromatic nitrogens is 1. The number of thiophene rings is 1. The van der Waals surface area contributed by atoms with Gasteiger partial charge in [0.05, 0.1) is 10.5 Å². The Morgan fingerprint density at radius 1 is 1.11 bits per heavy atom. The van der Waals surface area contributed by atoms with Crippen LogP contribution in [0.2, 0.25) is 0 Å². The maximum absolute atomic E-state index is 13.1. The molecule has 1 aliphatic carbocycles. The second kappa shape index (κ2) is 7.32. The molecule has 0 radical (unpaired) electrons. The monoisotopic (exact) mass is 393 g/mol. The van der Waals surface area contributed by atoms with Gasteiger partial charge in [0.1, 0.15) is 10.6 Å². The fourth-order valence-electron chi connectivity index (χ4n) is 3.38. The second-order valence-corrected chi connectivity index (χ2v) is 7.46. The number of carbonyl (C=O) groups excluding carboxylic acids is 2. The van der Waals surface area contributed by atoms with Crippen molar-refractivity contribution < 1.29 is 14.5 Å². The van der Waals surface area contributed by atoms with Gasteiger partial charge in [0, 0.05) is 28.9 Å². The van der Waals surface area contributed by atoms with Crippen LogP contribution in [0.5, 0.6) is 0 Å². The Bertz CT molecular complexity index is 1090. The Labute approximate surface area is 164 Å². The molecule has 0 bridgehead atoms. The molecule has 0 spiro atoms. The minimum atomic E-state index is -0.601. The summed E-state index contributed by atoms with van der Waals surface area (Å²) in [4.78, 5) is 41.5. The molecule has 1 aromatic carbocycles. The lowest BCUT2D eigenvalue weighted by molar-refractivity contribution is -0.385. The highest BCUT2D eigenvalue weighted by Gasteiger charge is 2.29. The number of nitrogens with zero attached hydrogens (tertiary/aromatic N) is 2. The summed E-state index contributed by atoms with van der Waals surface area (Å²) in [6, 6.07) is 9.03. The van der Waals surface area contributed by atoms with Crippen LogP contribution in [0.1, 0.15) is 43.1 Å². The number of ketones is 1. The van der Waals surface area contributed by atoms with Crippen molar-refractivity contribution in [2.45, 2.75) is 19.3 Å². The lowest BCUT2D eigenvalue weighted by atomic mass is 10.0. The standard InChI is InChI=1S/C20H15N3O4S/c24-18(12-8-10-21-11-9-12)17-14-5-3-7-16(14)28-20(17)22-19(25)13-4-1-2-6-15(13)23(26)27/h1-2,4,6,8-11H,3,5,7H2,(H,22,25). The van der Waals surface area contributed by atoms with Crippen LogP contribution in [0.15, 0.2) is 48.8 Å². The molecule has 0 atom stereocenters. The Hall–Kier alpha value is -3.39. The van der Waals surface area contributed by atoms with E-state index in [1.54, 1.807) is 30.6 Å². The van der Waals surface area contributed by atoms with E-state index in [1.807, 2.05) is 0 Å². The van der Waals surface area contributed by atoms with Crippen LogP contribution in [-0.2, 0) is 12.8 Å². The Kier molecular flexibility index (Phi) is 4.70. The number of carbonyl (C=O) groups is 2. The van der Waals surface area contributed by atoms with E-state index in [4.69, 9.17) is 0 Å². The van der Waals surface area contributed by atoms with Gasteiger partial charge in [-0.15, -0.1) is 11.3 Å². The molecule has 3 aromatic rings. The van der Waals surface area contributed by atoms with E-state index in [1.165, 1.54) is 29.5 Å². The number of nitro groups is 1. The zero-order chi connectivity index (χ0) is 19.7. The first-order valence-corrected chi connectivity index (χ1v) is 9.52. The maximum Gasteiger partial charge on any atom is 0.282 e. The third-order valence-corrected chi connectivity index (χ3v) is 5.87. The molecule has 8 heteroatoms. The summed E-state index contributed by atoms with van der Waals surface area (Å²) in [7, 11) is 0. The van der Waals surface area contributed by atoms with Crippen molar-refractivity contribution in [2.24, 2.45) is 0 Å². The maximum atomic E-state index is 13.1. The molecule has 140 valence electrons. The van der Waals surface area contributed by atoms with Crippen molar-refractivity contribution in [3.63, 3.8) is 0 Å². The fraction of sp³-hybridized carbons (Fsp3) is 0.150. The van der Waals surface area contributed by atoms with E-state index in [0.717, 1.165) is 29.7 Å².